The lowest BCUT2D eigenvalue weighted by atomic mass is 9.97. The highest BCUT2D eigenvalue weighted by atomic mass is 32.2. The molecule has 1 fully saturated rings. The molecule has 0 radical (unpaired) electrons. The van der Waals surface area contributed by atoms with Crippen molar-refractivity contribution in [2.45, 2.75) is 24.1 Å². The number of benzene rings is 1. The molecule has 1 saturated heterocycles. The maximum Gasteiger partial charge on any atom is 0.131 e. The van der Waals surface area contributed by atoms with Crippen LogP contribution in [0.5, 0.6) is 5.75 Å². The molecular formula is C15H19FN2OS. The Bertz CT molecular complexity index is 507. The summed E-state index contributed by atoms with van der Waals surface area (Å²) in [5.74, 6) is 0.308. The van der Waals surface area contributed by atoms with Crippen LogP contribution >= 0.6 is 11.8 Å². The van der Waals surface area contributed by atoms with Crippen molar-refractivity contribution in [3.05, 3.63) is 29.6 Å². The Morgan fingerprint density at radius 1 is 1.45 bits per heavy atom. The first-order valence-corrected chi connectivity index (χ1v) is 7.86. The zero-order chi connectivity index (χ0) is 14.6. The van der Waals surface area contributed by atoms with Gasteiger partial charge in [-0.3, -0.25) is 4.90 Å². The SMILES string of the molecule is COc1ccc(CN2CCC(C#N)(SC)CC2)c(F)c1. The first kappa shape index (κ1) is 15.1. The maximum atomic E-state index is 13.9. The van der Waals surface area contributed by atoms with Crippen LogP contribution < -0.4 is 4.74 Å². The third kappa shape index (κ3) is 3.25. The smallest absolute Gasteiger partial charge is 0.131 e. The van der Waals surface area contributed by atoms with Gasteiger partial charge in [0.05, 0.1) is 13.2 Å². The van der Waals surface area contributed by atoms with Crippen LogP contribution in [0.15, 0.2) is 18.2 Å². The van der Waals surface area contributed by atoms with E-state index >= 15 is 0 Å². The molecule has 0 amide bonds. The molecule has 20 heavy (non-hydrogen) atoms. The van der Waals surface area contributed by atoms with E-state index in [-0.39, 0.29) is 10.6 Å². The van der Waals surface area contributed by atoms with Gasteiger partial charge in [0.2, 0.25) is 0 Å². The number of rotatable bonds is 4. The molecule has 0 spiro atoms. The Hall–Kier alpha value is -1.25. The Morgan fingerprint density at radius 2 is 2.15 bits per heavy atom. The van der Waals surface area contributed by atoms with Gasteiger partial charge in [-0.15, -0.1) is 11.8 Å². The molecule has 2 rings (SSSR count). The number of hydrogen-bond acceptors (Lipinski definition) is 4. The lowest BCUT2D eigenvalue weighted by molar-refractivity contribution is 0.207. The minimum atomic E-state index is -0.255. The van der Waals surface area contributed by atoms with Gasteiger partial charge in [-0.2, -0.15) is 5.26 Å². The fraction of sp³-hybridized carbons (Fsp3) is 0.533. The van der Waals surface area contributed by atoms with E-state index in [1.165, 1.54) is 13.2 Å². The molecule has 108 valence electrons. The molecule has 5 heteroatoms. The predicted molar refractivity (Wildman–Crippen MR) is 79.3 cm³/mol. The number of nitriles is 1. The van der Waals surface area contributed by atoms with E-state index in [1.807, 2.05) is 6.26 Å². The van der Waals surface area contributed by atoms with Crippen molar-refractivity contribution in [1.82, 2.24) is 4.90 Å². The second-order valence-corrected chi connectivity index (χ2v) is 6.23. The third-order valence-corrected chi connectivity index (χ3v) is 5.19. The molecular weight excluding hydrogens is 275 g/mol. The van der Waals surface area contributed by atoms with Crippen LogP contribution in [0.4, 0.5) is 4.39 Å². The number of nitrogens with zero attached hydrogens (tertiary/aromatic N) is 2. The van der Waals surface area contributed by atoms with Crippen molar-refractivity contribution >= 4 is 11.8 Å². The Morgan fingerprint density at radius 3 is 2.65 bits per heavy atom. The second kappa shape index (κ2) is 6.47. The van der Waals surface area contributed by atoms with Gasteiger partial charge >= 0.3 is 0 Å². The summed E-state index contributed by atoms with van der Waals surface area (Å²) in [5.41, 5.74) is 0.680. The third-order valence-electron chi connectivity index (χ3n) is 3.91. The maximum absolute atomic E-state index is 13.9. The van der Waals surface area contributed by atoms with Gasteiger partial charge in [0.25, 0.3) is 0 Å². The molecule has 0 aliphatic carbocycles. The van der Waals surface area contributed by atoms with Crippen molar-refractivity contribution in [2.75, 3.05) is 26.5 Å². The van der Waals surface area contributed by atoms with E-state index in [0.717, 1.165) is 25.9 Å². The van der Waals surface area contributed by atoms with Crippen molar-refractivity contribution in [3.8, 4) is 11.8 Å². The zero-order valence-corrected chi connectivity index (χ0v) is 12.7. The Labute approximate surface area is 123 Å². The van der Waals surface area contributed by atoms with Crippen molar-refractivity contribution < 1.29 is 9.13 Å². The summed E-state index contributed by atoms with van der Waals surface area (Å²) >= 11 is 1.63. The number of methoxy groups -OCH3 is 1. The number of ether oxygens (including phenoxy) is 1. The average Bonchev–Trinajstić information content (AvgIpc) is 2.50. The van der Waals surface area contributed by atoms with Crippen LogP contribution in [-0.4, -0.2) is 36.1 Å². The highest BCUT2D eigenvalue weighted by molar-refractivity contribution is 8.00. The Balaban J connectivity index is 1.98. The molecule has 0 N–H and O–H groups in total. The number of piperidine rings is 1. The molecule has 0 saturated carbocycles. The summed E-state index contributed by atoms with van der Waals surface area (Å²) in [6.45, 7) is 2.26. The van der Waals surface area contributed by atoms with E-state index in [4.69, 9.17) is 4.74 Å². The normalized spacial score (nSPS) is 18.5. The van der Waals surface area contributed by atoms with Crippen LogP contribution in [0, 0.1) is 17.1 Å². The fourth-order valence-electron chi connectivity index (χ4n) is 2.46. The van der Waals surface area contributed by atoms with Crippen LogP contribution in [0.2, 0.25) is 0 Å². The summed E-state index contributed by atoms with van der Waals surface area (Å²) in [4.78, 5) is 2.21. The predicted octanol–water partition coefficient (Wildman–Crippen LogP) is 3.06. The number of halogens is 1. The summed E-state index contributed by atoms with van der Waals surface area (Å²) in [7, 11) is 1.53. The molecule has 0 aromatic heterocycles. The topological polar surface area (TPSA) is 36.3 Å². The van der Waals surface area contributed by atoms with Crippen LogP contribution in [0.3, 0.4) is 0 Å². The highest BCUT2D eigenvalue weighted by Gasteiger charge is 2.33. The largest absolute Gasteiger partial charge is 0.497 e. The number of thioether (sulfide) groups is 1. The average molecular weight is 294 g/mol. The number of hydrogen-bond donors (Lipinski definition) is 0. The quantitative estimate of drug-likeness (QED) is 0.855. The molecule has 1 aliphatic heterocycles. The fourth-order valence-corrected chi connectivity index (χ4v) is 3.14. The Kier molecular flexibility index (Phi) is 4.90. The first-order chi connectivity index (χ1) is 9.62. The molecule has 1 aromatic rings. The van der Waals surface area contributed by atoms with Crippen molar-refractivity contribution in [2.24, 2.45) is 0 Å². The zero-order valence-electron chi connectivity index (χ0n) is 11.9. The van der Waals surface area contributed by atoms with Crippen molar-refractivity contribution in [1.29, 1.82) is 5.26 Å². The van der Waals surface area contributed by atoms with E-state index in [2.05, 4.69) is 11.0 Å². The summed E-state index contributed by atoms with van der Waals surface area (Å²) < 4.78 is 18.7. The van der Waals surface area contributed by atoms with Crippen LogP contribution in [0.1, 0.15) is 18.4 Å². The van der Waals surface area contributed by atoms with Gasteiger partial charge in [0.15, 0.2) is 0 Å². The van der Waals surface area contributed by atoms with E-state index in [1.54, 1.807) is 23.9 Å². The van der Waals surface area contributed by atoms with Gasteiger partial charge in [-0.1, -0.05) is 6.07 Å². The van der Waals surface area contributed by atoms with Crippen LogP contribution in [-0.2, 0) is 6.54 Å². The van der Waals surface area contributed by atoms with Gasteiger partial charge < -0.3 is 4.74 Å². The summed E-state index contributed by atoms with van der Waals surface area (Å²) in [6.07, 6.45) is 3.66. The number of likely N-dealkylation sites (tertiary alicyclic amines) is 1. The van der Waals surface area contributed by atoms with E-state index in [9.17, 15) is 9.65 Å². The molecule has 1 aromatic carbocycles. The van der Waals surface area contributed by atoms with E-state index in [0.29, 0.717) is 17.9 Å². The first-order valence-electron chi connectivity index (χ1n) is 6.63. The summed E-state index contributed by atoms with van der Waals surface area (Å²) in [6, 6.07) is 7.40. The minimum absolute atomic E-state index is 0.230. The standard InChI is InChI=1S/C15H19FN2OS/c1-19-13-4-3-12(14(16)9-13)10-18-7-5-15(11-17,20-2)6-8-18/h3-4,9H,5-8,10H2,1-2H3. The molecule has 3 nitrogen and oxygen atoms in total. The van der Waals surface area contributed by atoms with Gasteiger partial charge in [0, 0.05) is 31.3 Å². The lowest BCUT2D eigenvalue weighted by Crippen LogP contribution is -2.41. The van der Waals surface area contributed by atoms with Gasteiger partial charge in [-0.05, 0) is 25.2 Å². The van der Waals surface area contributed by atoms with Crippen LogP contribution in [0.25, 0.3) is 0 Å². The molecule has 0 atom stereocenters. The highest BCUT2D eigenvalue weighted by Crippen LogP contribution is 2.34. The van der Waals surface area contributed by atoms with Crippen molar-refractivity contribution in [3.63, 3.8) is 0 Å². The van der Waals surface area contributed by atoms with Gasteiger partial charge in [0.1, 0.15) is 16.3 Å². The monoisotopic (exact) mass is 294 g/mol. The molecule has 0 unspecified atom stereocenters. The molecule has 0 bridgehead atoms. The minimum Gasteiger partial charge on any atom is -0.497 e. The summed E-state index contributed by atoms with van der Waals surface area (Å²) in [5, 5.41) is 9.26. The second-order valence-electron chi connectivity index (χ2n) is 5.04. The lowest BCUT2D eigenvalue weighted by Gasteiger charge is -2.36. The van der Waals surface area contributed by atoms with Gasteiger partial charge in [-0.25, -0.2) is 4.39 Å². The van der Waals surface area contributed by atoms with E-state index < -0.39 is 0 Å². The molecule has 1 aliphatic rings. The molecule has 1 heterocycles.